The van der Waals surface area contributed by atoms with E-state index in [0.717, 1.165) is 29.7 Å². The van der Waals surface area contributed by atoms with Crippen LogP contribution in [0.5, 0.6) is 11.5 Å². The lowest BCUT2D eigenvalue weighted by molar-refractivity contribution is -0.140. The Kier molecular flexibility index (Phi) is 13.2. The van der Waals surface area contributed by atoms with Gasteiger partial charge in [0.05, 0.1) is 11.8 Å². The van der Waals surface area contributed by atoms with Crippen LogP contribution in [0.25, 0.3) is 6.08 Å². The zero-order chi connectivity index (χ0) is 32.7. The molecule has 3 aromatic rings. The maximum atomic E-state index is 13.9. The van der Waals surface area contributed by atoms with Gasteiger partial charge in [-0.3, -0.25) is 14.4 Å². The fourth-order valence-corrected chi connectivity index (χ4v) is 5.87. The number of hydrogen-bond donors (Lipinski definition) is 2. The van der Waals surface area contributed by atoms with Crippen LogP contribution in [0.2, 0.25) is 0 Å². The Bertz CT molecular complexity index is 1450. The number of likely N-dealkylation sites (tertiary alicyclic amines) is 1. The van der Waals surface area contributed by atoms with Gasteiger partial charge >= 0.3 is 0 Å². The molecule has 3 aromatic carbocycles. The molecule has 242 valence electrons. The molecule has 0 aliphatic carbocycles. The summed E-state index contributed by atoms with van der Waals surface area (Å²) >= 11 is 0. The van der Waals surface area contributed by atoms with Gasteiger partial charge in [-0.1, -0.05) is 92.7 Å². The predicted octanol–water partition coefficient (Wildman–Crippen LogP) is 7.16. The van der Waals surface area contributed by atoms with Gasteiger partial charge in [-0.15, -0.1) is 6.58 Å². The zero-order valence-electron chi connectivity index (χ0n) is 27.1. The van der Waals surface area contributed by atoms with Gasteiger partial charge in [0, 0.05) is 19.6 Å². The van der Waals surface area contributed by atoms with E-state index in [-0.39, 0.29) is 23.6 Å². The fourth-order valence-electron chi connectivity index (χ4n) is 5.87. The minimum atomic E-state index is -0.644. The molecule has 7 heteroatoms. The summed E-state index contributed by atoms with van der Waals surface area (Å²) < 4.78 is 6.00. The van der Waals surface area contributed by atoms with E-state index in [1.165, 1.54) is 0 Å². The summed E-state index contributed by atoms with van der Waals surface area (Å²) in [6.45, 7) is 9.33. The Morgan fingerprint density at radius 2 is 1.65 bits per heavy atom. The quantitative estimate of drug-likeness (QED) is 0.176. The van der Waals surface area contributed by atoms with Crippen molar-refractivity contribution in [2.75, 3.05) is 13.1 Å². The van der Waals surface area contributed by atoms with Crippen LogP contribution in [-0.2, 0) is 20.9 Å². The largest absolute Gasteiger partial charge is 0.457 e. The normalized spacial score (nSPS) is 16.5. The van der Waals surface area contributed by atoms with E-state index in [4.69, 9.17) is 4.74 Å². The molecule has 2 N–H and O–H groups in total. The second-order valence-electron chi connectivity index (χ2n) is 12.3. The van der Waals surface area contributed by atoms with Gasteiger partial charge in [0.1, 0.15) is 17.5 Å². The van der Waals surface area contributed by atoms with Crippen molar-refractivity contribution in [3.63, 3.8) is 0 Å². The van der Waals surface area contributed by atoms with Gasteiger partial charge in [-0.2, -0.15) is 0 Å². The minimum absolute atomic E-state index is 0.0979. The molecule has 4 rings (SSSR count). The number of hydrogen-bond acceptors (Lipinski definition) is 4. The van der Waals surface area contributed by atoms with E-state index in [1.54, 1.807) is 6.08 Å². The first-order chi connectivity index (χ1) is 22.3. The summed E-state index contributed by atoms with van der Waals surface area (Å²) in [4.78, 5) is 42.9. The topological polar surface area (TPSA) is 87.7 Å². The lowest BCUT2D eigenvalue weighted by Gasteiger charge is -2.29. The monoisotopic (exact) mass is 621 g/mol. The Balaban J connectivity index is 1.42. The average molecular weight is 622 g/mol. The average Bonchev–Trinajstić information content (AvgIpc) is 3.22. The van der Waals surface area contributed by atoms with Crippen molar-refractivity contribution >= 4 is 23.8 Å². The lowest BCUT2D eigenvalue weighted by Crippen LogP contribution is -2.51. The molecule has 1 unspecified atom stereocenters. The van der Waals surface area contributed by atoms with Crippen LogP contribution in [0.1, 0.15) is 57.1 Å². The lowest BCUT2D eigenvalue weighted by atomic mass is 9.81. The Morgan fingerprint density at radius 3 is 2.37 bits per heavy atom. The maximum Gasteiger partial charge on any atom is 0.245 e. The second kappa shape index (κ2) is 17.7. The Labute approximate surface area is 273 Å². The van der Waals surface area contributed by atoms with Crippen molar-refractivity contribution in [3.8, 4) is 11.5 Å². The van der Waals surface area contributed by atoms with Crippen LogP contribution in [0.4, 0.5) is 0 Å². The first-order valence-corrected chi connectivity index (χ1v) is 16.3. The van der Waals surface area contributed by atoms with Gasteiger partial charge in [0.2, 0.25) is 17.7 Å². The number of allylic oxidation sites excluding steroid dienone is 1. The van der Waals surface area contributed by atoms with E-state index in [9.17, 15) is 14.4 Å². The highest BCUT2D eigenvalue weighted by Crippen LogP contribution is 2.27. The summed E-state index contributed by atoms with van der Waals surface area (Å²) in [6, 6.07) is 26.6. The van der Waals surface area contributed by atoms with E-state index >= 15 is 0 Å². The molecular formula is C39H47N3O4. The number of carbonyl (C=O) groups excluding carboxylic acids is 3. The molecule has 0 aromatic heterocycles. The fraction of sp³-hybridized carbons (Fsp3) is 0.359. The third-order valence-corrected chi connectivity index (χ3v) is 8.16. The second-order valence-corrected chi connectivity index (χ2v) is 12.3. The molecule has 0 bridgehead atoms. The van der Waals surface area contributed by atoms with E-state index < -0.39 is 17.9 Å². The van der Waals surface area contributed by atoms with Crippen molar-refractivity contribution in [1.29, 1.82) is 0 Å². The molecule has 1 aliphatic heterocycles. The van der Waals surface area contributed by atoms with E-state index in [2.05, 4.69) is 17.2 Å². The molecule has 46 heavy (non-hydrogen) atoms. The van der Waals surface area contributed by atoms with Gasteiger partial charge < -0.3 is 20.3 Å². The molecule has 0 saturated carbocycles. The van der Waals surface area contributed by atoms with Crippen LogP contribution in [-0.4, -0.2) is 41.8 Å². The number of carbonyl (C=O) groups is 3. The van der Waals surface area contributed by atoms with Crippen LogP contribution in [0.3, 0.4) is 0 Å². The van der Waals surface area contributed by atoms with Crippen LogP contribution < -0.4 is 15.4 Å². The van der Waals surface area contributed by atoms with Gasteiger partial charge in [-0.25, -0.2) is 0 Å². The van der Waals surface area contributed by atoms with Crippen LogP contribution >= 0.6 is 0 Å². The zero-order valence-corrected chi connectivity index (χ0v) is 27.1. The van der Waals surface area contributed by atoms with Crippen LogP contribution in [0.15, 0.2) is 104 Å². The van der Waals surface area contributed by atoms with Gasteiger partial charge in [0.25, 0.3) is 0 Å². The highest BCUT2D eigenvalue weighted by molar-refractivity contribution is 5.92. The molecule has 3 atom stereocenters. The minimum Gasteiger partial charge on any atom is -0.457 e. The first-order valence-electron chi connectivity index (χ1n) is 16.3. The highest BCUT2D eigenvalue weighted by atomic mass is 16.5. The third kappa shape index (κ3) is 10.5. The number of nitrogens with one attached hydrogen (secondary N) is 2. The smallest absolute Gasteiger partial charge is 0.245 e. The van der Waals surface area contributed by atoms with Crippen LogP contribution in [0, 0.1) is 17.8 Å². The standard InChI is InChI=1S/C39H47N3O4/c1-4-15-34(37(43)40-24-14-19-30-16-7-5-8-17-30)35(26-29(2)3)38(44)41-36-23-11-12-25-42(39(36)45)28-31-18-13-22-33(27-31)46-32-20-9-6-10-21-32/h4-10,13-14,16-22,27,29,34-36H,1,11-12,15,23-26,28H2,2-3H3,(H,40,43)(H,41,44)/b19-14+/t34-,35?,36-/m0/s1. The Morgan fingerprint density at radius 1 is 0.935 bits per heavy atom. The molecule has 1 fully saturated rings. The Hall–Kier alpha value is -4.65. The molecule has 0 spiro atoms. The number of amides is 3. The van der Waals surface area contributed by atoms with E-state index in [1.807, 2.05) is 116 Å². The third-order valence-electron chi connectivity index (χ3n) is 8.16. The first kappa shape index (κ1) is 34.2. The summed E-state index contributed by atoms with van der Waals surface area (Å²) in [5.41, 5.74) is 2.00. The number of nitrogens with zero attached hydrogens (tertiary/aromatic N) is 1. The van der Waals surface area contributed by atoms with E-state index in [0.29, 0.717) is 44.6 Å². The molecule has 1 saturated heterocycles. The molecule has 7 nitrogen and oxygen atoms in total. The van der Waals surface area contributed by atoms with Crippen molar-refractivity contribution in [2.24, 2.45) is 17.8 Å². The molecular weight excluding hydrogens is 574 g/mol. The van der Waals surface area contributed by atoms with Gasteiger partial charge in [0.15, 0.2) is 0 Å². The highest BCUT2D eigenvalue weighted by Gasteiger charge is 2.36. The van der Waals surface area contributed by atoms with Crippen molar-refractivity contribution in [3.05, 3.63) is 115 Å². The number of benzene rings is 3. The maximum absolute atomic E-state index is 13.9. The summed E-state index contributed by atoms with van der Waals surface area (Å²) in [5.74, 6) is -0.0915. The molecule has 1 heterocycles. The number of para-hydroxylation sites is 1. The predicted molar refractivity (Wildman–Crippen MR) is 184 cm³/mol. The van der Waals surface area contributed by atoms with Crippen molar-refractivity contribution in [1.82, 2.24) is 15.5 Å². The molecule has 3 amide bonds. The SMILES string of the molecule is C=CC[C@H](C(=O)NC/C=C/c1ccccc1)C(CC(C)C)C(=O)N[C@H]1CCCCN(Cc2cccc(Oc3ccccc3)c2)C1=O. The molecule has 0 radical (unpaired) electrons. The van der Waals surface area contributed by atoms with Crippen molar-refractivity contribution < 1.29 is 19.1 Å². The summed E-state index contributed by atoms with van der Waals surface area (Å²) in [7, 11) is 0. The number of rotatable bonds is 15. The van der Waals surface area contributed by atoms with Crippen molar-refractivity contribution in [2.45, 2.75) is 58.5 Å². The number of ether oxygens (including phenoxy) is 1. The summed E-state index contributed by atoms with van der Waals surface area (Å²) in [6.07, 6.45) is 8.68. The summed E-state index contributed by atoms with van der Waals surface area (Å²) in [5, 5.41) is 6.06. The van der Waals surface area contributed by atoms with Gasteiger partial charge in [-0.05, 0) is 73.4 Å². The molecule has 1 aliphatic rings.